The Bertz CT molecular complexity index is 279. The second kappa shape index (κ2) is 3.17. The Morgan fingerprint density at radius 2 is 2.25 bits per heavy atom. The summed E-state index contributed by atoms with van der Waals surface area (Å²) in [7, 11) is 0. The SMILES string of the molecule is CC1CC(c2ncccc2Br)C1. The van der Waals surface area contributed by atoms with Gasteiger partial charge in [0.05, 0.1) is 5.69 Å². The third-order valence-corrected chi connectivity index (χ3v) is 3.22. The van der Waals surface area contributed by atoms with Gasteiger partial charge in [-0.05, 0) is 46.8 Å². The van der Waals surface area contributed by atoms with Crippen molar-refractivity contribution in [2.45, 2.75) is 25.7 Å². The summed E-state index contributed by atoms with van der Waals surface area (Å²) in [5, 5.41) is 0. The quantitative estimate of drug-likeness (QED) is 0.715. The minimum absolute atomic E-state index is 0.704. The van der Waals surface area contributed by atoms with Gasteiger partial charge >= 0.3 is 0 Å². The minimum Gasteiger partial charge on any atom is -0.260 e. The van der Waals surface area contributed by atoms with E-state index >= 15 is 0 Å². The number of nitrogens with zero attached hydrogens (tertiary/aromatic N) is 1. The summed E-state index contributed by atoms with van der Waals surface area (Å²) >= 11 is 3.53. The third-order valence-electron chi connectivity index (χ3n) is 2.55. The van der Waals surface area contributed by atoms with Gasteiger partial charge in [0.25, 0.3) is 0 Å². The fourth-order valence-corrected chi connectivity index (χ4v) is 2.40. The van der Waals surface area contributed by atoms with Crippen molar-refractivity contribution in [3.63, 3.8) is 0 Å². The molecular formula is C10H12BrN. The van der Waals surface area contributed by atoms with E-state index in [1.807, 2.05) is 12.3 Å². The van der Waals surface area contributed by atoms with Gasteiger partial charge in [0.1, 0.15) is 0 Å². The van der Waals surface area contributed by atoms with Crippen LogP contribution in [0.3, 0.4) is 0 Å². The van der Waals surface area contributed by atoms with Crippen LogP contribution in [0, 0.1) is 5.92 Å². The first-order chi connectivity index (χ1) is 5.77. The van der Waals surface area contributed by atoms with Gasteiger partial charge in [-0.2, -0.15) is 0 Å². The van der Waals surface area contributed by atoms with E-state index in [1.165, 1.54) is 23.0 Å². The molecule has 12 heavy (non-hydrogen) atoms. The van der Waals surface area contributed by atoms with Crippen molar-refractivity contribution in [2.24, 2.45) is 5.92 Å². The molecule has 1 nitrogen and oxygen atoms in total. The molecule has 1 fully saturated rings. The highest BCUT2D eigenvalue weighted by atomic mass is 79.9. The molecule has 0 saturated heterocycles. The van der Waals surface area contributed by atoms with Crippen molar-refractivity contribution in [2.75, 3.05) is 0 Å². The summed E-state index contributed by atoms with van der Waals surface area (Å²) in [5.41, 5.74) is 1.25. The molecule has 1 aliphatic carbocycles. The summed E-state index contributed by atoms with van der Waals surface area (Å²) < 4.78 is 1.17. The molecule has 2 heteroatoms. The highest BCUT2D eigenvalue weighted by Crippen LogP contribution is 2.42. The van der Waals surface area contributed by atoms with E-state index in [1.54, 1.807) is 0 Å². The number of pyridine rings is 1. The van der Waals surface area contributed by atoms with E-state index in [9.17, 15) is 0 Å². The predicted octanol–water partition coefficient (Wildman–Crippen LogP) is 3.36. The average molecular weight is 226 g/mol. The van der Waals surface area contributed by atoms with Gasteiger partial charge in [-0.25, -0.2) is 0 Å². The van der Waals surface area contributed by atoms with E-state index in [4.69, 9.17) is 0 Å². The second-order valence-corrected chi connectivity index (χ2v) is 4.50. The van der Waals surface area contributed by atoms with Gasteiger partial charge < -0.3 is 0 Å². The monoisotopic (exact) mass is 225 g/mol. The summed E-state index contributed by atoms with van der Waals surface area (Å²) in [5.74, 6) is 1.60. The van der Waals surface area contributed by atoms with Crippen molar-refractivity contribution in [3.05, 3.63) is 28.5 Å². The van der Waals surface area contributed by atoms with Crippen LogP contribution in [0.1, 0.15) is 31.4 Å². The summed E-state index contributed by atoms with van der Waals surface area (Å²) in [6.07, 6.45) is 4.48. The van der Waals surface area contributed by atoms with Gasteiger partial charge in [0.2, 0.25) is 0 Å². The molecule has 0 aliphatic heterocycles. The number of aromatic nitrogens is 1. The molecule has 1 heterocycles. The summed E-state index contributed by atoms with van der Waals surface area (Å²) in [6, 6.07) is 4.04. The standard InChI is InChI=1S/C10H12BrN/c1-7-5-8(6-7)10-9(11)3-2-4-12-10/h2-4,7-8H,5-6H2,1H3. The molecule has 0 amide bonds. The van der Waals surface area contributed by atoms with Crippen molar-refractivity contribution in [1.29, 1.82) is 0 Å². The largest absolute Gasteiger partial charge is 0.260 e. The first-order valence-corrected chi connectivity index (χ1v) is 5.17. The molecule has 0 spiro atoms. The lowest BCUT2D eigenvalue weighted by molar-refractivity contribution is 0.282. The zero-order chi connectivity index (χ0) is 8.55. The average Bonchev–Trinajstić information content (AvgIpc) is 2.01. The molecular weight excluding hydrogens is 214 g/mol. The zero-order valence-electron chi connectivity index (χ0n) is 7.13. The van der Waals surface area contributed by atoms with Crippen LogP contribution >= 0.6 is 15.9 Å². The van der Waals surface area contributed by atoms with Crippen LogP contribution in [0.4, 0.5) is 0 Å². The lowest BCUT2D eigenvalue weighted by Gasteiger charge is -2.32. The Morgan fingerprint density at radius 3 is 2.83 bits per heavy atom. The van der Waals surface area contributed by atoms with Crippen molar-refractivity contribution in [3.8, 4) is 0 Å². The maximum absolute atomic E-state index is 4.39. The van der Waals surface area contributed by atoms with Gasteiger partial charge in [-0.3, -0.25) is 4.98 Å². The van der Waals surface area contributed by atoms with Gasteiger partial charge in [-0.1, -0.05) is 6.92 Å². The molecule has 1 saturated carbocycles. The fourth-order valence-electron chi connectivity index (χ4n) is 1.82. The van der Waals surface area contributed by atoms with E-state index in [0.717, 1.165) is 5.92 Å². The van der Waals surface area contributed by atoms with Crippen LogP contribution in [0.2, 0.25) is 0 Å². The first kappa shape index (κ1) is 8.24. The van der Waals surface area contributed by atoms with E-state index in [2.05, 4.69) is 33.9 Å². The maximum Gasteiger partial charge on any atom is 0.0576 e. The molecule has 1 aromatic rings. The van der Waals surface area contributed by atoms with Crippen LogP contribution in [0.15, 0.2) is 22.8 Å². The summed E-state index contributed by atoms with van der Waals surface area (Å²) in [4.78, 5) is 4.39. The van der Waals surface area contributed by atoms with Gasteiger partial charge in [0, 0.05) is 16.6 Å². The highest BCUT2D eigenvalue weighted by Gasteiger charge is 2.28. The third kappa shape index (κ3) is 1.40. The predicted molar refractivity (Wildman–Crippen MR) is 53.1 cm³/mol. The van der Waals surface area contributed by atoms with Crippen LogP contribution in [0.5, 0.6) is 0 Å². The topological polar surface area (TPSA) is 12.9 Å². The van der Waals surface area contributed by atoms with E-state index in [0.29, 0.717) is 5.92 Å². The van der Waals surface area contributed by atoms with Crippen LogP contribution < -0.4 is 0 Å². The Balaban J connectivity index is 2.18. The summed E-state index contributed by atoms with van der Waals surface area (Å²) in [6.45, 7) is 2.30. The molecule has 0 aromatic carbocycles. The van der Waals surface area contributed by atoms with Crippen molar-refractivity contribution in [1.82, 2.24) is 4.98 Å². The molecule has 0 atom stereocenters. The molecule has 2 rings (SSSR count). The normalized spacial score (nSPS) is 28.2. The Labute approximate surface area is 81.3 Å². The Hall–Kier alpha value is -0.370. The molecule has 0 radical (unpaired) electrons. The number of rotatable bonds is 1. The lowest BCUT2D eigenvalue weighted by atomic mass is 9.74. The molecule has 0 unspecified atom stereocenters. The van der Waals surface area contributed by atoms with Crippen LogP contribution in [-0.2, 0) is 0 Å². The molecule has 0 N–H and O–H groups in total. The van der Waals surface area contributed by atoms with Crippen LogP contribution in [0.25, 0.3) is 0 Å². The molecule has 1 aliphatic rings. The van der Waals surface area contributed by atoms with Crippen molar-refractivity contribution >= 4 is 15.9 Å². The molecule has 0 bridgehead atoms. The Morgan fingerprint density at radius 1 is 1.50 bits per heavy atom. The number of halogens is 1. The maximum atomic E-state index is 4.39. The smallest absolute Gasteiger partial charge is 0.0576 e. The minimum atomic E-state index is 0.704. The van der Waals surface area contributed by atoms with Crippen molar-refractivity contribution < 1.29 is 0 Å². The molecule has 64 valence electrons. The van der Waals surface area contributed by atoms with Crippen LogP contribution in [-0.4, -0.2) is 4.98 Å². The van der Waals surface area contributed by atoms with Gasteiger partial charge in [-0.15, -0.1) is 0 Å². The first-order valence-electron chi connectivity index (χ1n) is 4.38. The van der Waals surface area contributed by atoms with Gasteiger partial charge in [0.15, 0.2) is 0 Å². The second-order valence-electron chi connectivity index (χ2n) is 3.64. The van der Waals surface area contributed by atoms with E-state index in [-0.39, 0.29) is 0 Å². The molecule has 1 aromatic heterocycles. The highest BCUT2D eigenvalue weighted by molar-refractivity contribution is 9.10. The fraction of sp³-hybridized carbons (Fsp3) is 0.500. The number of hydrogen-bond donors (Lipinski definition) is 0. The van der Waals surface area contributed by atoms with E-state index < -0.39 is 0 Å². The Kier molecular flexibility index (Phi) is 2.18. The lowest BCUT2D eigenvalue weighted by Crippen LogP contribution is -2.20. The zero-order valence-corrected chi connectivity index (χ0v) is 8.71. The number of hydrogen-bond acceptors (Lipinski definition) is 1.